The summed E-state index contributed by atoms with van der Waals surface area (Å²) in [6.45, 7) is -3.17. The van der Waals surface area contributed by atoms with Crippen LogP contribution in [0.4, 0.5) is 8.78 Å². The van der Waals surface area contributed by atoms with Gasteiger partial charge in [-0.3, -0.25) is 0 Å². The molecule has 0 bridgehead atoms. The molecule has 17 heavy (non-hydrogen) atoms. The molecule has 1 atom stereocenters. The van der Waals surface area contributed by atoms with Gasteiger partial charge in [0.15, 0.2) is 6.10 Å². The third-order valence-electron chi connectivity index (χ3n) is 1.80. The molecule has 4 nitrogen and oxygen atoms in total. The minimum atomic E-state index is -3.17. The molecule has 0 amide bonds. The number of benzene rings is 1. The topological polar surface area (TPSA) is 66.8 Å². The number of halogens is 4. The highest BCUT2D eigenvalue weighted by atomic mass is 35.5. The quantitative estimate of drug-likeness (QED) is 0.893. The molecule has 8 heteroatoms. The molecule has 0 aliphatic heterocycles. The maximum absolute atomic E-state index is 12.1. The minimum absolute atomic E-state index is 0.0800. The van der Waals surface area contributed by atoms with E-state index in [4.69, 9.17) is 28.3 Å². The Morgan fingerprint density at radius 1 is 1.29 bits per heavy atom. The molecule has 2 N–H and O–H groups in total. The van der Waals surface area contributed by atoms with Gasteiger partial charge >= 0.3 is 12.6 Å². The number of hydrogen-bond donors (Lipinski definition) is 2. The van der Waals surface area contributed by atoms with Crippen molar-refractivity contribution >= 4 is 29.2 Å². The van der Waals surface area contributed by atoms with Crippen LogP contribution in [0, 0.1) is 0 Å². The highest BCUT2D eigenvalue weighted by Crippen LogP contribution is 2.35. The fourth-order valence-electron chi connectivity index (χ4n) is 1.09. The minimum Gasteiger partial charge on any atom is -0.479 e. The standard InChI is InChI=1S/C9H6Cl2F2O4/c10-4-1-3(7(14)8(15)16)6(2-5(4)11)17-9(12)13/h1-2,7,9,14H,(H,15,16). The first-order valence-corrected chi connectivity index (χ1v) is 4.93. The Labute approximate surface area is 104 Å². The van der Waals surface area contributed by atoms with Crippen LogP contribution in [0.15, 0.2) is 12.1 Å². The lowest BCUT2D eigenvalue weighted by Gasteiger charge is -2.14. The lowest BCUT2D eigenvalue weighted by atomic mass is 10.1. The van der Waals surface area contributed by atoms with Gasteiger partial charge in [-0.2, -0.15) is 8.78 Å². The Morgan fingerprint density at radius 3 is 2.29 bits per heavy atom. The number of aliphatic hydroxyl groups excluding tert-OH is 1. The van der Waals surface area contributed by atoms with Crippen molar-refractivity contribution in [3.8, 4) is 5.75 Å². The van der Waals surface area contributed by atoms with Gasteiger partial charge < -0.3 is 14.9 Å². The lowest BCUT2D eigenvalue weighted by molar-refractivity contribution is -0.147. The number of ether oxygens (including phenoxy) is 1. The fourth-order valence-corrected chi connectivity index (χ4v) is 1.41. The summed E-state index contributed by atoms with van der Waals surface area (Å²) in [7, 11) is 0. The van der Waals surface area contributed by atoms with Crippen molar-refractivity contribution in [3.05, 3.63) is 27.7 Å². The number of carboxylic acid groups (broad SMARTS) is 1. The van der Waals surface area contributed by atoms with E-state index in [-0.39, 0.29) is 10.0 Å². The second kappa shape index (κ2) is 5.48. The summed E-state index contributed by atoms with van der Waals surface area (Å²) < 4.78 is 28.2. The summed E-state index contributed by atoms with van der Waals surface area (Å²) in [6.07, 6.45) is -2.03. The van der Waals surface area contributed by atoms with Crippen molar-refractivity contribution in [2.75, 3.05) is 0 Å². The maximum Gasteiger partial charge on any atom is 0.387 e. The zero-order chi connectivity index (χ0) is 13.2. The van der Waals surface area contributed by atoms with Gasteiger partial charge in [0.05, 0.1) is 10.0 Å². The molecule has 0 spiro atoms. The first-order chi connectivity index (χ1) is 7.82. The molecule has 0 aliphatic carbocycles. The molecule has 1 rings (SSSR count). The molecule has 0 aromatic heterocycles. The summed E-state index contributed by atoms with van der Waals surface area (Å²) in [4.78, 5) is 10.6. The number of carbonyl (C=O) groups is 1. The molecule has 1 aromatic carbocycles. The third-order valence-corrected chi connectivity index (χ3v) is 2.52. The molecule has 94 valence electrons. The van der Waals surface area contributed by atoms with Gasteiger partial charge in [0, 0.05) is 11.6 Å². The second-order valence-electron chi connectivity index (χ2n) is 2.92. The van der Waals surface area contributed by atoms with Crippen molar-refractivity contribution < 1.29 is 28.5 Å². The van der Waals surface area contributed by atoms with Crippen LogP contribution in [-0.2, 0) is 4.79 Å². The van der Waals surface area contributed by atoms with Gasteiger partial charge in [0.2, 0.25) is 0 Å². The molecular weight excluding hydrogens is 281 g/mol. The highest BCUT2D eigenvalue weighted by molar-refractivity contribution is 6.42. The van der Waals surface area contributed by atoms with E-state index in [2.05, 4.69) is 4.74 Å². The third kappa shape index (κ3) is 3.42. The average Bonchev–Trinajstić information content (AvgIpc) is 2.21. The fraction of sp³-hybridized carbons (Fsp3) is 0.222. The van der Waals surface area contributed by atoms with Crippen molar-refractivity contribution in [1.82, 2.24) is 0 Å². The Balaban J connectivity index is 3.25. The number of aliphatic carboxylic acids is 1. The van der Waals surface area contributed by atoms with Crippen LogP contribution in [0.2, 0.25) is 10.0 Å². The van der Waals surface area contributed by atoms with Crippen LogP contribution in [0.5, 0.6) is 5.75 Å². The van der Waals surface area contributed by atoms with Crippen molar-refractivity contribution in [2.24, 2.45) is 0 Å². The van der Waals surface area contributed by atoms with Gasteiger partial charge in [0.1, 0.15) is 5.75 Å². The number of rotatable bonds is 4. The first kappa shape index (κ1) is 14.0. The number of aliphatic hydroxyl groups is 1. The number of alkyl halides is 2. The summed E-state index contributed by atoms with van der Waals surface area (Å²) in [5.41, 5.74) is -0.396. The molecule has 0 aliphatic rings. The SMILES string of the molecule is O=C(O)C(O)c1cc(Cl)c(Cl)cc1OC(F)F. The molecule has 0 fully saturated rings. The average molecular weight is 287 g/mol. The predicted octanol–water partition coefficient (Wildman–Crippen LogP) is 2.71. The van der Waals surface area contributed by atoms with Gasteiger partial charge in [-0.25, -0.2) is 4.79 Å². The van der Waals surface area contributed by atoms with Crippen molar-refractivity contribution in [2.45, 2.75) is 12.7 Å². The predicted molar refractivity (Wildman–Crippen MR) is 55.7 cm³/mol. The molecule has 0 radical (unpaired) electrons. The zero-order valence-electron chi connectivity index (χ0n) is 8.03. The Bertz CT molecular complexity index is 439. The van der Waals surface area contributed by atoms with E-state index in [0.717, 1.165) is 12.1 Å². The van der Waals surface area contributed by atoms with Crippen LogP contribution in [0.3, 0.4) is 0 Å². The number of carboxylic acids is 1. The van der Waals surface area contributed by atoms with E-state index in [0.29, 0.717) is 0 Å². The van der Waals surface area contributed by atoms with Crippen molar-refractivity contribution in [3.63, 3.8) is 0 Å². The summed E-state index contributed by atoms with van der Waals surface area (Å²) in [5, 5.41) is 17.7. The second-order valence-corrected chi connectivity index (χ2v) is 3.74. The monoisotopic (exact) mass is 286 g/mol. The van der Waals surface area contributed by atoms with Gasteiger partial charge in [-0.05, 0) is 6.07 Å². The largest absolute Gasteiger partial charge is 0.479 e. The first-order valence-electron chi connectivity index (χ1n) is 4.17. The van der Waals surface area contributed by atoms with E-state index in [1.807, 2.05) is 0 Å². The smallest absolute Gasteiger partial charge is 0.387 e. The van der Waals surface area contributed by atoms with E-state index in [1.165, 1.54) is 0 Å². The molecular formula is C9H6Cl2F2O4. The normalized spacial score (nSPS) is 12.6. The van der Waals surface area contributed by atoms with Crippen molar-refractivity contribution in [1.29, 1.82) is 0 Å². The summed E-state index contributed by atoms with van der Waals surface area (Å²) in [6, 6.07) is 1.87. The van der Waals surface area contributed by atoms with E-state index < -0.39 is 30.0 Å². The molecule has 0 heterocycles. The molecule has 1 unspecified atom stereocenters. The zero-order valence-corrected chi connectivity index (χ0v) is 9.54. The van der Waals surface area contributed by atoms with E-state index >= 15 is 0 Å². The van der Waals surface area contributed by atoms with Crippen LogP contribution in [0.1, 0.15) is 11.7 Å². The Kier molecular flexibility index (Phi) is 4.50. The molecule has 0 saturated carbocycles. The van der Waals surface area contributed by atoms with E-state index in [1.54, 1.807) is 0 Å². The maximum atomic E-state index is 12.1. The molecule has 1 aromatic rings. The highest BCUT2D eigenvalue weighted by Gasteiger charge is 2.23. The lowest BCUT2D eigenvalue weighted by Crippen LogP contribution is -2.13. The van der Waals surface area contributed by atoms with Gasteiger partial charge in [-0.1, -0.05) is 23.2 Å². The Hall–Kier alpha value is -1.11. The Morgan fingerprint density at radius 2 is 1.82 bits per heavy atom. The van der Waals surface area contributed by atoms with Crippen LogP contribution >= 0.6 is 23.2 Å². The summed E-state index contributed by atoms with van der Waals surface area (Å²) >= 11 is 11.2. The van der Waals surface area contributed by atoms with Gasteiger partial charge in [-0.15, -0.1) is 0 Å². The molecule has 0 saturated heterocycles. The van der Waals surface area contributed by atoms with Crippen LogP contribution in [-0.4, -0.2) is 22.8 Å². The van der Waals surface area contributed by atoms with Crippen LogP contribution < -0.4 is 4.74 Å². The summed E-state index contributed by atoms with van der Waals surface area (Å²) in [5.74, 6) is -2.16. The van der Waals surface area contributed by atoms with E-state index in [9.17, 15) is 18.7 Å². The van der Waals surface area contributed by atoms with Gasteiger partial charge in [0.25, 0.3) is 0 Å². The van der Waals surface area contributed by atoms with Crippen LogP contribution in [0.25, 0.3) is 0 Å². The number of hydrogen-bond acceptors (Lipinski definition) is 3.